The smallest absolute Gasteiger partial charge is 0.223 e. The van der Waals surface area contributed by atoms with Gasteiger partial charge in [0.1, 0.15) is 5.76 Å². The molecule has 0 bridgehead atoms. The Labute approximate surface area is 98.6 Å². The molecule has 2 aromatic rings. The lowest BCUT2D eigenvalue weighted by Crippen LogP contribution is -2.23. The zero-order valence-corrected chi connectivity index (χ0v) is 9.31. The van der Waals surface area contributed by atoms with Crippen LogP contribution in [-0.2, 0) is 11.3 Å². The fraction of sp³-hybridized carbons (Fsp3) is 0.308. The molecule has 1 fully saturated rings. The van der Waals surface area contributed by atoms with E-state index in [0.717, 1.165) is 18.6 Å². The van der Waals surface area contributed by atoms with Crippen LogP contribution in [-0.4, -0.2) is 5.91 Å². The van der Waals surface area contributed by atoms with Crippen molar-refractivity contribution < 1.29 is 13.6 Å². The van der Waals surface area contributed by atoms with Crippen LogP contribution in [0.15, 0.2) is 39.4 Å². The van der Waals surface area contributed by atoms with Crippen LogP contribution >= 0.6 is 0 Å². The highest BCUT2D eigenvalue weighted by molar-refractivity contribution is 5.80. The SMILES string of the molecule is O=C(NCc1ccc(-c2ccco2)o1)C1CC1. The van der Waals surface area contributed by atoms with Crippen molar-refractivity contribution >= 4 is 5.91 Å². The molecule has 2 heterocycles. The number of nitrogens with one attached hydrogen (secondary N) is 1. The molecule has 17 heavy (non-hydrogen) atoms. The fourth-order valence-electron chi connectivity index (χ4n) is 1.69. The maximum atomic E-state index is 11.4. The lowest BCUT2D eigenvalue weighted by atomic mass is 10.3. The van der Waals surface area contributed by atoms with Crippen LogP contribution in [0, 0.1) is 5.92 Å². The van der Waals surface area contributed by atoms with Crippen molar-refractivity contribution in [3.63, 3.8) is 0 Å². The van der Waals surface area contributed by atoms with Crippen LogP contribution in [0.25, 0.3) is 11.5 Å². The van der Waals surface area contributed by atoms with Gasteiger partial charge in [-0.3, -0.25) is 4.79 Å². The number of hydrogen-bond donors (Lipinski definition) is 1. The molecule has 1 saturated carbocycles. The molecule has 1 aliphatic rings. The Morgan fingerprint density at radius 1 is 1.29 bits per heavy atom. The van der Waals surface area contributed by atoms with Crippen molar-refractivity contribution in [2.24, 2.45) is 5.92 Å². The predicted molar refractivity (Wildman–Crippen MR) is 61.0 cm³/mol. The molecule has 0 atom stereocenters. The van der Waals surface area contributed by atoms with E-state index in [1.165, 1.54) is 0 Å². The Morgan fingerprint density at radius 3 is 2.88 bits per heavy atom. The maximum Gasteiger partial charge on any atom is 0.223 e. The number of rotatable bonds is 4. The molecule has 3 rings (SSSR count). The predicted octanol–water partition coefficient (Wildman–Crippen LogP) is 2.57. The van der Waals surface area contributed by atoms with Crippen LogP contribution in [0.3, 0.4) is 0 Å². The minimum Gasteiger partial charge on any atom is -0.461 e. The van der Waals surface area contributed by atoms with Crippen LogP contribution in [0.1, 0.15) is 18.6 Å². The zero-order chi connectivity index (χ0) is 11.7. The highest BCUT2D eigenvalue weighted by Gasteiger charge is 2.29. The molecule has 0 aliphatic heterocycles. The highest BCUT2D eigenvalue weighted by Crippen LogP contribution is 2.29. The summed E-state index contributed by atoms with van der Waals surface area (Å²) in [5, 5.41) is 2.86. The minimum atomic E-state index is 0.126. The van der Waals surface area contributed by atoms with E-state index in [-0.39, 0.29) is 11.8 Å². The van der Waals surface area contributed by atoms with Gasteiger partial charge in [0.15, 0.2) is 11.5 Å². The molecule has 0 saturated heterocycles. The summed E-state index contributed by atoms with van der Waals surface area (Å²) in [4.78, 5) is 11.4. The molecule has 1 amide bonds. The molecule has 0 spiro atoms. The Balaban J connectivity index is 1.62. The Bertz CT molecular complexity index is 509. The summed E-state index contributed by atoms with van der Waals surface area (Å²) in [5.74, 6) is 2.48. The van der Waals surface area contributed by atoms with E-state index in [0.29, 0.717) is 18.1 Å². The minimum absolute atomic E-state index is 0.126. The highest BCUT2D eigenvalue weighted by atomic mass is 16.4. The second-order valence-corrected chi connectivity index (χ2v) is 4.24. The van der Waals surface area contributed by atoms with Gasteiger partial charge in [0.25, 0.3) is 0 Å². The average molecular weight is 231 g/mol. The van der Waals surface area contributed by atoms with Gasteiger partial charge in [-0.1, -0.05) is 0 Å². The summed E-state index contributed by atoms with van der Waals surface area (Å²) < 4.78 is 10.8. The first-order chi connectivity index (χ1) is 8.33. The van der Waals surface area contributed by atoms with Crippen molar-refractivity contribution in [2.75, 3.05) is 0 Å². The van der Waals surface area contributed by atoms with Gasteiger partial charge >= 0.3 is 0 Å². The summed E-state index contributed by atoms with van der Waals surface area (Å²) in [5.41, 5.74) is 0. The summed E-state index contributed by atoms with van der Waals surface area (Å²) in [6, 6.07) is 7.35. The largest absolute Gasteiger partial charge is 0.461 e. The van der Waals surface area contributed by atoms with E-state index >= 15 is 0 Å². The van der Waals surface area contributed by atoms with E-state index in [1.54, 1.807) is 6.26 Å². The quantitative estimate of drug-likeness (QED) is 0.879. The summed E-state index contributed by atoms with van der Waals surface area (Å²) in [6.45, 7) is 0.441. The van der Waals surface area contributed by atoms with Gasteiger partial charge in [0, 0.05) is 5.92 Å². The van der Waals surface area contributed by atoms with Crippen molar-refractivity contribution in [3.05, 3.63) is 36.3 Å². The van der Waals surface area contributed by atoms with Gasteiger partial charge in [-0.05, 0) is 37.1 Å². The zero-order valence-electron chi connectivity index (χ0n) is 9.31. The number of carbonyl (C=O) groups is 1. The van der Waals surface area contributed by atoms with Gasteiger partial charge in [-0.2, -0.15) is 0 Å². The molecule has 2 aromatic heterocycles. The van der Waals surface area contributed by atoms with Gasteiger partial charge in [-0.25, -0.2) is 0 Å². The summed E-state index contributed by atoms with van der Waals surface area (Å²) in [7, 11) is 0. The maximum absolute atomic E-state index is 11.4. The van der Waals surface area contributed by atoms with Crippen molar-refractivity contribution in [1.29, 1.82) is 0 Å². The van der Waals surface area contributed by atoms with Gasteiger partial charge in [0.2, 0.25) is 5.91 Å². The van der Waals surface area contributed by atoms with Gasteiger partial charge in [0.05, 0.1) is 12.8 Å². The van der Waals surface area contributed by atoms with Crippen LogP contribution < -0.4 is 5.32 Å². The van der Waals surface area contributed by atoms with Crippen molar-refractivity contribution in [3.8, 4) is 11.5 Å². The molecule has 0 radical (unpaired) electrons. The van der Waals surface area contributed by atoms with Gasteiger partial charge < -0.3 is 14.2 Å². The van der Waals surface area contributed by atoms with E-state index in [2.05, 4.69) is 5.32 Å². The molecule has 1 N–H and O–H groups in total. The Hall–Kier alpha value is -1.97. The molecule has 1 aliphatic carbocycles. The number of carbonyl (C=O) groups excluding carboxylic acids is 1. The molecular weight excluding hydrogens is 218 g/mol. The van der Waals surface area contributed by atoms with E-state index in [9.17, 15) is 4.79 Å². The molecule has 88 valence electrons. The third kappa shape index (κ3) is 2.25. The first kappa shape index (κ1) is 10.2. The molecule has 4 heteroatoms. The fourth-order valence-corrected chi connectivity index (χ4v) is 1.69. The lowest BCUT2D eigenvalue weighted by molar-refractivity contribution is -0.122. The number of hydrogen-bond acceptors (Lipinski definition) is 3. The van der Waals surface area contributed by atoms with E-state index in [4.69, 9.17) is 8.83 Å². The first-order valence-corrected chi connectivity index (χ1v) is 5.73. The van der Waals surface area contributed by atoms with E-state index in [1.807, 2.05) is 24.3 Å². The molecular formula is C13H13NO3. The third-order valence-electron chi connectivity index (χ3n) is 2.81. The Kier molecular flexibility index (Phi) is 2.48. The second-order valence-electron chi connectivity index (χ2n) is 4.24. The summed E-state index contributed by atoms with van der Waals surface area (Å²) in [6.07, 6.45) is 3.63. The number of furan rings is 2. The van der Waals surface area contributed by atoms with Crippen LogP contribution in [0.4, 0.5) is 0 Å². The lowest BCUT2D eigenvalue weighted by Gasteiger charge is -2.00. The van der Waals surface area contributed by atoms with Gasteiger partial charge in [-0.15, -0.1) is 0 Å². The van der Waals surface area contributed by atoms with Crippen molar-refractivity contribution in [1.82, 2.24) is 5.32 Å². The molecule has 0 aromatic carbocycles. The monoisotopic (exact) mass is 231 g/mol. The van der Waals surface area contributed by atoms with Crippen molar-refractivity contribution in [2.45, 2.75) is 19.4 Å². The average Bonchev–Trinajstić information content (AvgIpc) is 2.87. The van der Waals surface area contributed by atoms with E-state index < -0.39 is 0 Å². The Morgan fingerprint density at radius 2 is 2.18 bits per heavy atom. The first-order valence-electron chi connectivity index (χ1n) is 5.73. The summed E-state index contributed by atoms with van der Waals surface area (Å²) >= 11 is 0. The second kappa shape index (κ2) is 4.13. The number of amides is 1. The molecule has 0 unspecified atom stereocenters. The topological polar surface area (TPSA) is 55.4 Å². The third-order valence-corrected chi connectivity index (χ3v) is 2.81. The van der Waals surface area contributed by atoms with Crippen LogP contribution in [0.5, 0.6) is 0 Å². The normalized spacial score (nSPS) is 14.8. The standard InChI is InChI=1S/C13H13NO3/c15-13(9-3-4-9)14-8-10-5-6-12(17-10)11-2-1-7-16-11/h1-2,5-7,9H,3-4,8H2,(H,14,15). The van der Waals surface area contributed by atoms with Crippen LogP contribution in [0.2, 0.25) is 0 Å². The molecule has 4 nitrogen and oxygen atoms in total.